The van der Waals surface area contributed by atoms with E-state index in [9.17, 15) is 13.6 Å². The molecule has 5 nitrogen and oxygen atoms in total. The third-order valence-electron chi connectivity index (χ3n) is 6.05. The molecule has 0 spiro atoms. The highest BCUT2D eigenvalue weighted by Gasteiger charge is 2.31. The molecule has 2 atom stereocenters. The summed E-state index contributed by atoms with van der Waals surface area (Å²) >= 11 is 0. The van der Waals surface area contributed by atoms with Gasteiger partial charge >= 0.3 is 0 Å². The number of nitrogens with zero attached hydrogens (tertiary/aromatic N) is 2. The summed E-state index contributed by atoms with van der Waals surface area (Å²) in [5, 5.41) is 3.01. The second-order valence-electron chi connectivity index (χ2n) is 9.09. The van der Waals surface area contributed by atoms with Crippen molar-refractivity contribution in [2.24, 2.45) is 11.7 Å². The number of hydrogen-bond acceptors (Lipinski definition) is 4. The van der Waals surface area contributed by atoms with Gasteiger partial charge < -0.3 is 11.1 Å². The van der Waals surface area contributed by atoms with Crippen LogP contribution in [0.15, 0.2) is 30.5 Å². The van der Waals surface area contributed by atoms with E-state index in [1.54, 1.807) is 12.3 Å². The molecule has 0 unspecified atom stereocenters. The average molecular weight is 415 g/mol. The van der Waals surface area contributed by atoms with Gasteiger partial charge in [0, 0.05) is 49.0 Å². The van der Waals surface area contributed by atoms with Crippen molar-refractivity contribution in [2.75, 3.05) is 13.1 Å². The van der Waals surface area contributed by atoms with Crippen molar-refractivity contribution in [3.63, 3.8) is 0 Å². The van der Waals surface area contributed by atoms with Crippen LogP contribution >= 0.6 is 0 Å². The van der Waals surface area contributed by atoms with Crippen LogP contribution in [-0.2, 0) is 6.54 Å². The highest BCUT2D eigenvalue weighted by Crippen LogP contribution is 2.33. The lowest BCUT2D eigenvalue weighted by Crippen LogP contribution is -2.39. The first-order valence-corrected chi connectivity index (χ1v) is 10.5. The van der Waals surface area contributed by atoms with Gasteiger partial charge in [0.15, 0.2) is 0 Å². The second-order valence-corrected chi connectivity index (χ2v) is 9.09. The number of amides is 1. The number of aromatic nitrogens is 1. The molecule has 1 aromatic carbocycles. The van der Waals surface area contributed by atoms with Crippen LogP contribution in [0.5, 0.6) is 0 Å². The molecule has 1 saturated carbocycles. The molecular formula is C23H28F2N4O. The van der Waals surface area contributed by atoms with Gasteiger partial charge in [0.1, 0.15) is 11.6 Å². The Morgan fingerprint density at radius 1 is 1.30 bits per heavy atom. The maximum atomic E-state index is 13.9. The number of carbonyl (C=O) groups excluding carboxylic acids is 1. The van der Waals surface area contributed by atoms with Gasteiger partial charge in [0.25, 0.3) is 5.91 Å². The third-order valence-corrected chi connectivity index (χ3v) is 6.05. The number of halogens is 2. The van der Waals surface area contributed by atoms with Crippen LogP contribution in [-0.4, -0.2) is 40.5 Å². The summed E-state index contributed by atoms with van der Waals surface area (Å²) < 4.78 is 27.8. The van der Waals surface area contributed by atoms with Crippen LogP contribution in [0.1, 0.15) is 49.2 Å². The molecule has 2 fully saturated rings. The molecular weight excluding hydrogens is 386 g/mol. The van der Waals surface area contributed by atoms with Crippen molar-refractivity contribution in [1.29, 1.82) is 0 Å². The van der Waals surface area contributed by atoms with E-state index in [4.69, 9.17) is 5.73 Å². The van der Waals surface area contributed by atoms with Crippen molar-refractivity contribution in [3.05, 3.63) is 53.4 Å². The first-order chi connectivity index (χ1) is 14.2. The largest absolute Gasteiger partial charge is 0.349 e. The van der Waals surface area contributed by atoms with Crippen molar-refractivity contribution in [3.8, 4) is 11.1 Å². The van der Waals surface area contributed by atoms with Crippen LogP contribution in [0.2, 0.25) is 0 Å². The summed E-state index contributed by atoms with van der Waals surface area (Å²) in [7, 11) is 0. The summed E-state index contributed by atoms with van der Waals surface area (Å²) in [6, 6.07) is 5.16. The van der Waals surface area contributed by atoms with E-state index in [2.05, 4.69) is 15.2 Å². The Labute approximate surface area is 175 Å². The van der Waals surface area contributed by atoms with Crippen LogP contribution in [0.25, 0.3) is 11.1 Å². The predicted octanol–water partition coefficient (Wildman–Crippen LogP) is 3.48. The molecule has 30 heavy (non-hydrogen) atoms. The third kappa shape index (κ3) is 4.84. The zero-order chi connectivity index (χ0) is 21.5. The highest BCUT2D eigenvalue weighted by molar-refractivity contribution is 5.95. The van der Waals surface area contributed by atoms with Crippen molar-refractivity contribution in [2.45, 2.75) is 51.2 Å². The first kappa shape index (κ1) is 20.9. The van der Waals surface area contributed by atoms with Gasteiger partial charge in [0.05, 0.1) is 11.3 Å². The first-order valence-electron chi connectivity index (χ1n) is 10.5. The fraction of sp³-hybridized carbons (Fsp3) is 0.478. The Morgan fingerprint density at radius 2 is 2.00 bits per heavy atom. The lowest BCUT2D eigenvalue weighted by molar-refractivity contribution is 0.0935. The Morgan fingerprint density at radius 3 is 2.60 bits per heavy atom. The Bertz CT molecular complexity index is 938. The normalized spacial score (nSPS) is 22.8. The zero-order valence-corrected chi connectivity index (χ0v) is 17.4. The van der Waals surface area contributed by atoms with Crippen LogP contribution in [0.3, 0.4) is 0 Å². The van der Waals surface area contributed by atoms with E-state index >= 15 is 0 Å². The number of hydrogen-bond donors (Lipinski definition) is 2. The number of nitrogens with two attached hydrogens (primary N) is 1. The lowest BCUT2D eigenvalue weighted by Gasteiger charge is -2.21. The minimum Gasteiger partial charge on any atom is -0.349 e. The van der Waals surface area contributed by atoms with Crippen molar-refractivity contribution < 1.29 is 13.6 Å². The Balaban J connectivity index is 1.65. The molecule has 3 N–H and O–H groups in total. The lowest BCUT2D eigenvalue weighted by atomic mass is 10.0. The monoisotopic (exact) mass is 414 g/mol. The van der Waals surface area contributed by atoms with Gasteiger partial charge in [0.2, 0.25) is 0 Å². The van der Waals surface area contributed by atoms with Crippen molar-refractivity contribution >= 4 is 5.91 Å². The smallest absolute Gasteiger partial charge is 0.253 e. The number of rotatable bonds is 6. The van der Waals surface area contributed by atoms with Crippen molar-refractivity contribution in [1.82, 2.24) is 15.2 Å². The minimum atomic E-state index is -0.663. The summed E-state index contributed by atoms with van der Waals surface area (Å²) in [5.41, 5.74) is 7.96. The quantitative estimate of drug-likeness (QED) is 0.759. The summed E-state index contributed by atoms with van der Waals surface area (Å²) in [6.45, 7) is 6.05. The molecule has 160 valence electrons. The fourth-order valence-electron chi connectivity index (χ4n) is 4.14. The minimum absolute atomic E-state index is 0.0964. The molecule has 1 amide bonds. The molecule has 2 aromatic rings. The van der Waals surface area contributed by atoms with Gasteiger partial charge in [-0.2, -0.15) is 0 Å². The van der Waals surface area contributed by atoms with E-state index in [0.717, 1.165) is 31.9 Å². The fourth-order valence-corrected chi connectivity index (χ4v) is 4.14. The number of benzene rings is 1. The summed E-state index contributed by atoms with van der Waals surface area (Å²) in [5.74, 6) is -1.02. The number of pyridine rings is 1. The second kappa shape index (κ2) is 8.04. The average Bonchev–Trinajstić information content (AvgIpc) is 3.45. The Hall–Kier alpha value is -2.38. The van der Waals surface area contributed by atoms with Gasteiger partial charge in [-0.15, -0.1) is 0 Å². The van der Waals surface area contributed by atoms with E-state index in [0.29, 0.717) is 41.4 Å². The Kier molecular flexibility index (Phi) is 5.59. The van der Waals surface area contributed by atoms with Gasteiger partial charge in [-0.1, -0.05) is 0 Å². The molecule has 1 saturated heterocycles. The van der Waals surface area contributed by atoms with E-state index in [1.165, 1.54) is 12.1 Å². The van der Waals surface area contributed by atoms with Crippen LogP contribution in [0.4, 0.5) is 8.78 Å². The molecule has 1 aliphatic carbocycles. The van der Waals surface area contributed by atoms with Gasteiger partial charge in [-0.3, -0.25) is 14.7 Å². The molecule has 2 heterocycles. The zero-order valence-electron chi connectivity index (χ0n) is 17.4. The summed E-state index contributed by atoms with van der Waals surface area (Å²) in [4.78, 5) is 19.4. The number of nitrogens with one attached hydrogen (secondary N) is 1. The van der Waals surface area contributed by atoms with E-state index in [-0.39, 0.29) is 17.5 Å². The van der Waals surface area contributed by atoms with Crippen LogP contribution < -0.4 is 11.1 Å². The number of likely N-dealkylation sites (tertiary alicyclic amines) is 1. The predicted molar refractivity (Wildman–Crippen MR) is 112 cm³/mol. The molecule has 0 radical (unpaired) electrons. The number of carbonyl (C=O) groups is 1. The van der Waals surface area contributed by atoms with E-state index < -0.39 is 11.6 Å². The van der Waals surface area contributed by atoms with E-state index in [1.807, 2.05) is 13.8 Å². The standard InChI is InChI=1S/C23H28F2N4O/c1-14(15-3-4-15)28-22(30)17-9-20(16-7-18(24)10-19(25)8-16)21(27-11-17)12-29-6-5-23(2,26)13-29/h7-11,14-15H,3-6,12-13,26H2,1-2H3,(H,28,30)/t14-,23-/m0/s1. The summed E-state index contributed by atoms with van der Waals surface area (Å²) in [6.07, 6.45) is 4.67. The van der Waals surface area contributed by atoms with Gasteiger partial charge in [-0.05, 0) is 62.8 Å². The topological polar surface area (TPSA) is 71.2 Å². The van der Waals surface area contributed by atoms with Gasteiger partial charge in [-0.25, -0.2) is 8.78 Å². The molecule has 7 heteroatoms. The maximum absolute atomic E-state index is 13.9. The molecule has 0 bridgehead atoms. The van der Waals surface area contributed by atoms with Crippen LogP contribution in [0, 0.1) is 17.6 Å². The molecule has 1 aromatic heterocycles. The molecule has 4 rings (SSSR count). The maximum Gasteiger partial charge on any atom is 0.253 e. The molecule has 1 aliphatic heterocycles. The highest BCUT2D eigenvalue weighted by atomic mass is 19.1. The SMILES string of the molecule is C[C@H](NC(=O)c1cnc(CN2CC[C@](C)(N)C2)c(-c2cc(F)cc(F)c2)c1)C1CC1. The molecule has 2 aliphatic rings.